The maximum Gasteiger partial charge on any atom is 0.0914 e. The Morgan fingerprint density at radius 3 is 2.52 bits per heavy atom. The first kappa shape index (κ1) is 15.7. The summed E-state index contributed by atoms with van der Waals surface area (Å²) < 4.78 is 1.81. The van der Waals surface area contributed by atoms with Gasteiger partial charge in [0.15, 0.2) is 0 Å². The summed E-state index contributed by atoms with van der Waals surface area (Å²) in [5.74, 6) is 0.520. The molecule has 0 spiro atoms. The molecular weight excluding hydrogens is 264 g/mol. The van der Waals surface area contributed by atoms with E-state index < -0.39 is 6.10 Å². The van der Waals surface area contributed by atoms with Crippen molar-refractivity contribution in [2.24, 2.45) is 0 Å². The average Bonchev–Trinajstić information content (AvgIpc) is 3.00. The van der Waals surface area contributed by atoms with E-state index in [0.717, 1.165) is 25.1 Å². The van der Waals surface area contributed by atoms with Gasteiger partial charge in [-0.2, -0.15) is 0 Å². The minimum Gasteiger partial charge on any atom is -0.387 e. The van der Waals surface area contributed by atoms with E-state index in [1.807, 2.05) is 23.0 Å². The molecule has 114 valence electrons. The van der Waals surface area contributed by atoms with Crippen LogP contribution in [0.15, 0.2) is 36.7 Å². The predicted molar refractivity (Wildman–Crippen MR) is 83.0 cm³/mol. The zero-order chi connectivity index (χ0) is 15.1. The van der Waals surface area contributed by atoms with Gasteiger partial charge in [-0.1, -0.05) is 43.3 Å². The van der Waals surface area contributed by atoms with Crippen LogP contribution < -0.4 is 5.32 Å². The second-order valence-corrected chi connectivity index (χ2v) is 5.56. The quantitative estimate of drug-likeness (QED) is 0.730. The number of benzene rings is 1. The van der Waals surface area contributed by atoms with Gasteiger partial charge >= 0.3 is 0 Å². The molecule has 1 aromatic carbocycles. The van der Waals surface area contributed by atoms with Gasteiger partial charge in [0.05, 0.1) is 12.3 Å². The fraction of sp³-hybridized carbons (Fsp3) is 0.500. The molecule has 5 heteroatoms. The van der Waals surface area contributed by atoms with Crippen LogP contribution in [0.3, 0.4) is 0 Å². The topological polar surface area (TPSA) is 63.0 Å². The van der Waals surface area contributed by atoms with Gasteiger partial charge in [-0.3, -0.25) is 4.68 Å². The highest BCUT2D eigenvalue weighted by Crippen LogP contribution is 2.18. The number of aliphatic hydroxyl groups is 1. The molecule has 5 nitrogen and oxygen atoms in total. The number of rotatable bonds is 8. The number of nitrogens with one attached hydrogen (secondary N) is 1. The highest BCUT2D eigenvalue weighted by molar-refractivity contribution is 5.26. The SMILES string of the molecule is CC(C)c1ccc(C(O)CNCCCn2ccnn2)cc1. The second-order valence-electron chi connectivity index (χ2n) is 5.56. The Hall–Kier alpha value is -1.72. The van der Waals surface area contributed by atoms with Gasteiger partial charge in [0, 0.05) is 19.3 Å². The van der Waals surface area contributed by atoms with E-state index in [1.54, 1.807) is 6.20 Å². The normalized spacial score (nSPS) is 12.8. The van der Waals surface area contributed by atoms with Gasteiger partial charge in [0.2, 0.25) is 0 Å². The molecule has 0 saturated heterocycles. The van der Waals surface area contributed by atoms with Crippen molar-refractivity contribution in [2.45, 2.75) is 38.8 Å². The van der Waals surface area contributed by atoms with Crippen molar-refractivity contribution >= 4 is 0 Å². The third-order valence-corrected chi connectivity index (χ3v) is 3.54. The molecule has 0 aliphatic heterocycles. The lowest BCUT2D eigenvalue weighted by Gasteiger charge is -2.13. The molecule has 0 fully saturated rings. The van der Waals surface area contributed by atoms with E-state index in [1.165, 1.54) is 5.56 Å². The van der Waals surface area contributed by atoms with Crippen molar-refractivity contribution in [1.29, 1.82) is 0 Å². The van der Waals surface area contributed by atoms with E-state index in [2.05, 4.69) is 41.6 Å². The van der Waals surface area contributed by atoms with Crippen LogP contribution in [0.2, 0.25) is 0 Å². The summed E-state index contributed by atoms with van der Waals surface area (Å²) in [5, 5.41) is 21.1. The molecule has 2 N–H and O–H groups in total. The lowest BCUT2D eigenvalue weighted by atomic mass is 10.00. The van der Waals surface area contributed by atoms with Crippen molar-refractivity contribution in [3.63, 3.8) is 0 Å². The first-order valence-electron chi connectivity index (χ1n) is 7.49. The summed E-state index contributed by atoms with van der Waals surface area (Å²) in [4.78, 5) is 0. The Balaban J connectivity index is 1.68. The van der Waals surface area contributed by atoms with Crippen LogP contribution in [0.5, 0.6) is 0 Å². The van der Waals surface area contributed by atoms with Crippen LogP contribution >= 0.6 is 0 Å². The fourth-order valence-corrected chi connectivity index (χ4v) is 2.18. The lowest BCUT2D eigenvalue weighted by Crippen LogP contribution is -2.23. The summed E-state index contributed by atoms with van der Waals surface area (Å²) in [6.45, 7) is 6.59. The van der Waals surface area contributed by atoms with E-state index in [0.29, 0.717) is 12.5 Å². The largest absolute Gasteiger partial charge is 0.387 e. The Morgan fingerprint density at radius 2 is 1.90 bits per heavy atom. The van der Waals surface area contributed by atoms with Crippen molar-refractivity contribution in [2.75, 3.05) is 13.1 Å². The minimum absolute atomic E-state index is 0.461. The van der Waals surface area contributed by atoms with E-state index in [4.69, 9.17) is 0 Å². The summed E-state index contributed by atoms with van der Waals surface area (Å²) in [6, 6.07) is 8.20. The lowest BCUT2D eigenvalue weighted by molar-refractivity contribution is 0.174. The molecule has 2 rings (SSSR count). The number of nitrogens with zero attached hydrogens (tertiary/aromatic N) is 3. The molecule has 0 amide bonds. The number of aromatic nitrogens is 3. The molecular formula is C16H24N4O. The van der Waals surface area contributed by atoms with Crippen LogP contribution in [0.1, 0.15) is 43.4 Å². The molecule has 1 heterocycles. The molecule has 1 atom stereocenters. The predicted octanol–water partition coefficient (Wildman–Crippen LogP) is 2.11. The number of aliphatic hydroxyl groups excluding tert-OH is 1. The molecule has 21 heavy (non-hydrogen) atoms. The van der Waals surface area contributed by atoms with Crippen LogP contribution in [-0.4, -0.2) is 33.2 Å². The zero-order valence-corrected chi connectivity index (χ0v) is 12.7. The maximum absolute atomic E-state index is 10.1. The fourth-order valence-electron chi connectivity index (χ4n) is 2.18. The molecule has 1 aromatic heterocycles. The Bertz CT molecular complexity index is 508. The standard InChI is InChI=1S/C16H24N4O/c1-13(2)14-4-6-15(7-5-14)16(21)12-17-8-3-10-20-11-9-18-19-20/h4-7,9,11,13,16-17,21H,3,8,10,12H2,1-2H3. The molecule has 0 bridgehead atoms. The van der Waals surface area contributed by atoms with Crippen molar-refractivity contribution in [1.82, 2.24) is 20.3 Å². The van der Waals surface area contributed by atoms with Crippen molar-refractivity contribution in [3.05, 3.63) is 47.8 Å². The number of hydrogen-bond donors (Lipinski definition) is 2. The van der Waals surface area contributed by atoms with Gasteiger partial charge in [-0.15, -0.1) is 5.10 Å². The first-order valence-corrected chi connectivity index (χ1v) is 7.49. The summed E-state index contributed by atoms with van der Waals surface area (Å²) in [7, 11) is 0. The summed E-state index contributed by atoms with van der Waals surface area (Å²) in [5.41, 5.74) is 2.26. The number of aryl methyl sites for hydroxylation is 1. The second kappa shape index (κ2) is 7.90. The van der Waals surface area contributed by atoms with E-state index in [9.17, 15) is 5.11 Å². The highest BCUT2D eigenvalue weighted by Gasteiger charge is 2.07. The monoisotopic (exact) mass is 288 g/mol. The maximum atomic E-state index is 10.1. The molecule has 2 aromatic rings. The number of hydrogen-bond acceptors (Lipinski definition) is 4. The van der Waals surface area contributed by atoms with E-state index >= 15 is 0 Å². The van der Waals surface area contributed by atoms with Crippen LogP contribution in [0.25, 0.3) is 0 Å². The van der Waals surface area contributed by atoms with Crippen molar-refractivity contribution < 1.29 is 5.11 Å². The molecule has 0 aliphatic carbocycles. The minimum atomic E-state index is -0.461. The molecule has 0 radical (unpaired) electrons. The Kier molecular flexibility index (Phi) is 5.90. The van der Waals surface area contributed by atoms with Gasteiger partial charge < -0.3 is 10.4 Å². The summed E-state index contributed by atoms with van der Waals surface area (Å²) in [6.07, 6.45) is 4.03. The highest BCUT2D eigenvalue weighted by atomic mass is 16.3. The zero-order valence-electron chi connectivity index (χ0n) is 12.7. The molecule has 0 aliphatic rings. The molecule has 1 unspecified atom stereocenters. The summed E-state index contributed by atoms with van der Waals surface area (Å²) >= 11 is 0. The van der Waals surface area contributed by atoms with E-state index in [-0.39, 0.29) is 0 Å². The van der Waals surface area contributed by atoms with Gasteiger partial charge in [0.1, 0.15) is 0 Å². The smallest absolute Gasteiger partial charge is 0.0914 e. The average molecular weight is 288 g/mol. The molecule has 0 saturated carbocycles. The van der Waals surface area contributed by atoms with Crippen molar-refractivity contribution in [3.8, 4) is 0 Å². The van der Waals surface area contributed by atoms with Gasteiger partial charge in [-0.25, -0.2) is 0 Å². The third-order valence-electron chi connectivity index (χ3n) is 3.54. The van der Waals surface area contributed by atoms with Gasteiger partial charge in [-0.05, 0) is 30.0 Å². The van der Waals surface area contributed by atoms with Crippen LogP contribution in [0, 0.1) is 0 Å². The van der Waals surface area contributed by atoms with Gasteiger partial charge in [0.25, 0.3) is 0 Å². The first-order chi connectivity index (χ1) is 10.2. The third kappa shape index (κ3) is 4.95. The van der Waals surface area contributed by atoms with Crippen LogP contribution in [-0.2, 0) is 6.54 Å². The Morgan fingerprint density at radius 1 is 1.19 bits per heavy atom. The Labute approximate surface area is 126 Å². The van der Waals surface area contributed by atoms with Crippen LogP contribution in [0.4, 0.5) is 0 Å².